The average Bonchev–Trinajstić information content (AvgIpc) is 2.49. The van der Waals surface area contributed by atoms with Crippen LogP contribution in [-0.4, -0.2) is 17.9 Å². The molecule has 0 heterocycles. The summed E-state index contributed by atoms with van der Waals surface area (Å²) in [6, 6.07) is 15.0. The van der Waals surface area contributed by atoms with Crippen LogP contribution < -0.4 is 5.06 Å². The van der Waals surface area contributed by atoms with Crippen molar-refractivity contribution in [3.05, 3.63) is 70.3 Å². The molecule has 0 saturated carbocycles. The van der Waals surface area contributed by atoms with Crippen molar-refractivity contribution in [3.63, 3.8) is 0 Å². The predicted octanol–water partition coefficient (Wildman–Crippen LogP) is 2.73. The van der Waals surface area contributed by atoms with E-state index >= 15 is 0 Å². The van der Waals surface area contributed by atoms with Gasteiger partial charge in [-0.15, -0.1) is 0 Å². The van der Waals surface area contributed by atoms with Crippen molar-refractivity contribution in [2.45, 2.75) is 6.42 Å². The van der Waals surface area contributed by atoms with E-state index in [4.69, 9.17) is 4.84 Å². The summed E-state index contributed by atoms with van der Waals surface area (Å²) in [4.78, 5) is 27.6. The fraction of sp³-hybridized carbons (Fsp3) is 0.133. The molecule has 6 nitrogen and oxygen atoms in total. The van der Waals surface area contributed by atoms with Gasteiger partial charge in [-0.05, 0) is 11.6 Å². The first-order valence-electron chi connectivity index (χ1n) is 6.27. The molecule has 6 heteroatoms. The minimum atomic E-state index is -0.515. The Bertz CT molecular complexity index is 643. The third kappa shape index (κ3) is 3.64. The average molecular weight is 286 g/mol. The SMILES string of the molecule is CON(C(=O)Cc1ccccc1)c1cccc([N+](=O)[O-])c1. The number of nitro benzene ring substituents is 1. The lowest BCUT2D eigenvalue weighted by atomic mass is 10.1. The van der Waals surface area contributed by atoms with Gasteiger partial charge in [0.15, 0.2) is 0 Å². The molecule has 0 aliphatic rings. The number of non-ortho nitro benzene ring substituents is 1. The van der Waals surface area contributed by atoms with Crippen molar-refractivity contribution >= 4 is 17.3 Å². The van der Waals surface area contributed by atoms with Gasteiger partial charge in [0.2, 0.25) is 0 Å². The fourth-order valence-electron chi connectivity index (χ4n) is 1.93. The van der Waals surface area contributed by atoms with Crippen LogP contribution in [0, 0.1) is 10.1 Å². The van der Waals surface area contributed by atoms with Gasteiger partial charge in [0.05, 0.1) is 24.1 Å². The minimum Gasteiger partial charge on any atom is -0.272 e. The number of hydrogen-bond acceptors (Lipinski definition) is 4. The largest absolute Gasteiger partial charge is 0.272 e. The summed E-state index contributed by atoms with van der Waals surface area (Å²) >= 11 is 0. The highest BCUT2D eigenvalue weighted by Gasteiger charge is 2.18. The molecular weight excluding hydrogens is 272 g/mol. The van der Waals surface area contributed by atoms with E-state index in [1.54, 1.807) is 6.07 Å². The van der Waals surface area contributed by atoms with Crippen molar-refractivity contribution in [1.29, 1.82) is 0 Å². The van der Waals surface area contributed by atoms with Crippen LogP contribution in [0.2, 0.25) is 0 Å². The zero-order valence-electron chi connectivity index (χ0n) is 11.4. The maximum absolute atomic E-state index is 12.3. The van der Waals surface area contributed by atoms with Gasteiger partial charge in [-0.1, -0.05) is 36.4 Å². The third-order valence-electron chi connectivity index (χ3n) is 2.88. The smallest absolute Gasteiger partial charge is 0.271 e. The summed E-state index contributed by atoms with van der Waals surface area (Å²) in [5, 5.41) is 11.8. The van der Waals surface area contributed by atoms with E-state index in [0.717, 1.165) is 10.6 Å². The Labute approximate surface area is 121 Å². The van der Waals surface area contributed by atoms with E-state index in [9.17, 15) is 14.9 Å². The summed E-state index contributed by atoms with van der Waals surface area (Å²) in [6.45, 7) is 0. The molecular formula is C15H14N2O4. The lowest BCUT2D eigenvalue weighted by molar-refractivity contribution is -0.384. The number of hydrogen-bond donors (Lipinski definition) is 0. The highest BCUT2D eigenvalue weighted by Crippen LogP contribution is 2.22. The second-order valence-corrected chi connectivity index (χ2v) is 4.31. The number of carbonyl (C=O) groups excluding carboxylic acids is 1. The molecule has 2 rings (SSSR count). The van der Waals surface area contributed by atoms with Gasteiger partial charge in [-0.3, -0.25) is 19.7 Å². The molecule has 2 aromatic rings. The molecule has 0 unspecified atom stereocenters. The Hall–Kier alpha value is -2.73. The molecule has 0 radical (unpaired) electrons. The molecule has 108 valence electrons. The molecule has 1 amide bonds. The minimum absolute atomic E-state index is 0.0953. The van der Waals surface area contributed by atoms with E-state index in [2.05, 4.69) is 0 Å². The molecule has 2 aromatic carbocycles. The van der Waals surface area contributed by atoms with Crippen LogP contribution in [0.4, 0.5) is 11.4 Å². The van der Waals surface area contributed by atoms with Crippen LogP contribution >= 0.6 is 0 Å². The van der Waals surface area contributed by atoms with Crippen LogP contribution in [0.25, 0.3) is 0 Å². The molecule has 0 atom stereocenters. The second kappa shape index (κ2) is 6.62. The zero-order chi connectivity index (χ0) is 15.2. The van der Waals surface area contributed by atoms with E-state index in [-0.39, 0.29) is 18.0 Å². The summed E-state index contributed by atoms with van der Waals surface area (Å²) in [6.07, 6.45) is 0.150. The number of anilines is 1. The first kappa shape index (κ1) is 14.7. The van der Waals surface area contributed by atoms with E-state index in [0.29, 0.717) is 5.69 Å². The molecule has 0 saturated heterocycles. The normalized spacial score (nSPS) is 10.1. The number of rotatable bonds is 5. The molecule has 0 aromatic heterocycles. The molecule has 0 fully saturated rings. The maximum atomic E-state index is 12.3. The topological polar surface area (TPSA) is 72.7 Å². The Kier molecular flexibility index (Phi) is 4.63. The van der Waals surface area contributed by atoms with Gasteiger partial charge < -0.3 is 0 Å². The zero-order valence-corrected chi connectivity index (χ0v) is 11.4. The summed E-state index contributed by atoms with van der Waals surface area (Å²) in [5.41, 5.74) is 1.07. The van der Waals surface area contributed by atoms with Gasteiger partial charge >= 0.3 is 0 Å². The first-order chi connectivity index (χ1) is 10.1. The van der Waals surface area contributed by atoms with Gasteiger partial charge in [0.25, 0.3) is 11.6 Å². The molecule has 0 spiro atoms. The van der Waals surface area contributed by atoms with E-state index in [1.165, 1.54) is 25.3 Å². The van der Waals surface area contributed by atoms with Crippen LogP contribution in [0.3, 0.4) is 0 Å². The van der Waals surface area contributed by atoms with Crippen molar-refractivity contribution in [1.82, 2.24) is 0 Å². The van der Waals surface area contributed by atoms with Crippen LogP contribution in [-0.2, 0) is 16.1 Å². The van der Waals surface area contributed by atoms with Crippen molar-refractivity contribution in [2.75, 3.05) is 12.2 Å². The number of benzene rings is 2. The quantitative estimate of drug-likeness (QED) is 0.625. The summed E-state index contributed by atoms with van der Waals surface area (Å²) in [5.74, 6) is -0.302. The fourth-order valence-corrected chi connectivity index (χ4v) is 1.93. The van der Waals surface area contributed by atoms with Gasteiger partial charge in [0.1, 0.15) is 0 Å². The van der Waals surface area contributed by atoms with Crippen molar-refractivity contribution in [3.8, 4) is 0 Å². The van der Waals surface area contributed by atoms with Crippen LogP contribution in [0.5, 0.6) is 0 Å². The molecule has 0 N–H and O–H groups in total. The van der Waals surface area contributed by atoms with Gasteiger partial charge in [-0.2, -0.15) is 5.06 Å². The van der Waals surface area contributed by atoms with Gasteiger partial charge in [-0.25, -0.2) is 0 Å². The number of nitrogens with zero attached hydrogens (tertiary/aromatic N) is 2. The number of amides is 1. The Balaban J connectivity index is 2.21. The van der Waals surface area contributed by atoms with Crippen LogP contribution in [0.15, 0.2) is 54.6 Å². The summed E-state index contributed by atoms with van der Waals surface area (Å²) < 4.78 is 0. The second-order valence-electron chi connectivity index (χ2n) is 4.31. The van der Waals surface area contributed by atoms with E-state index < -0.39 is 4.92 Å². The Morgan fingerprint density at radius 3 is 2.52 bits per heavy atom. The highest BCUT2D eigenvalue weighted by atomic mass is 16.7. The molecule has 0 aliphatic carbocycles. The van der Waals surface area contributed by atoms with Crippen LogP contribution in [0.1, 0.15) is 5.56 Å². The summed E-state index contributed by atoms with van der Waals surface area (Å²) in [7, 11) is 1.35. The van der Waals surface area contributed by atoms with Gasteiger partial charge in [0, 0.05) is 12.1 Å². The number of nitro groups is 1. The molecule has 0 bridgehead atoms. The van der Waals surface area contributed by atoms with E-state index in [1.807, 2.05) is 30.3 Å². The lowest BCUT2D eigenvalue weighted by Gasteiger charge is -2.19. The maximum Gasteiger partial charge on any atom is 0.271 e. The molecule has 21 heavy (non-hydrogen) atoms. The van der Waals surface area contributed by atoms with Crippen molar-refractivity contribution < 1.29 is 14.6 Å². The number of hydroxylamine groups is 1. The standard InChI is InChI=1S/C15H14N2O4/c1-21-16(13-8-5-9-14(11-13)17(19)20)15(18)10-12-6-3-2-4-7-12/h2-9,11H,10H2,1H3. The predicted molar refractivity (Wildman–Crippen MR) is 77.7 cm³/mol. The highest BCUT2D eigenvalue weighted by molar-refractivity contribution is 5.93. The monoisotopic (exact) mass is 286 g/mol. The third-order valence-corrected chi connectivity index (χ3v) is 2.88. The lowest BCUT2D eigenvalue weighted by Crippen LogP contribution is -2.31. The molecule has 0 aliphatic heterocycles. The first-order valence-corrected chi connectivity index (χ1v) is 6.27. The Morgan fingerprint density at radius 1 is 1.19 bits per heavy atom. The number of carbonyl (C=O) groups is 1. The van der Waals surface area contributed by atoms with Crippen molar-refractivity contribution in [2.24, 2.45) is 0 Å². The Morgan fingerprint density at radius 2 is 1.90 bits per heavy atom.